The fourth-order valence-corrected chi connectivity index (χ4v) is 4.01. The molecule has 0 saturated carbocycles. The van der Waals surface area contributed by atoms with Gasteiger partial charge in [-0.25, -0.2) is 0 Å². The molecule has 2 heterocycles. The van der Waals surface area contributed by atoms with Gasteiger partial charge in [-0.3, -0.25) is 9.67 Å². The van der Waals surface area contributed by atoms with Gasteiger partial charge in [0.1, 0.15) is 0 Å². The van der Waals surface area contributed by atoms with Crippen molar-refractivity contribution in [2.24, 2.45) is 18.0 Å². The second-order valence-electron chi connectivity index (χ2n) is 7.61. The molecule has 3 rings (SSSR count). The van der Waals surface area contributed by atoms with Crippen LogP contribution in [0.4, 0.5) is 5.69 Å². The van der Waals surface area contributed by atoms with Crippen LogP contribution < -0.4 is 15.5 Å². The quantitative estimate of drug-likeness (QED) is 0.351. The minimum atomic E-state index is 0. The molecule has 1 aromatic carbocycles. The highest BCUT2D eigenvalue weighted by atomic mass is 127. The van der Waals surface area contributed by atoms with Gasteiger partial charge < -0.3 is 15.5 Å². The van der Waals surface area contributed by atoms with E-state index < -0.39 is 0 Å². The van der Waals surface area contributed by atoms with Gasteiger partial charge in [0.25, 0.3) is 0 Å². The van der Waals surface area contributed by atoms with Crippen molar-refractivity contribution in [3.05, 3.63) is 45.7 Å². The predicted octanol–water partition coefficient (Wildman–Crippen LogP) is 3.81. The van der Waals surface area contributed by atoms with Crippen molar-refractivity contribution in [3.8, 4) is 0 Å². The number of aromatic nitrogens is 2. The first-order chi connectivity index (χ1) is 13.4. The molecule has 0 amide bonds. The molecule has 2 N–H and O–H groups in total. The molecular formula is C21H32ClIN6. The molecule has 160 valence electrons. The van der Waals surface area contributed by atoms with Crippen LogP contribution >= 0.6 is 35.6 Å². The van der Waals surface area contributed by atoms with Crippen LogP contribution in [0, 0.1) is 26.7 Å². The summed E-state index contributed by atoms with van der Waals surface area (Å²) in [5.74, 6) is 1.42. The molecule has 1 aromatic heterocycles. The topological polar surface area (TPSA) is 57.5 Å². The van der Waals surface area contributed by atoms with Crippen LogP contribution in [0.25, 0.3) is 0 Å². The number of hydrogen-bond donors (Lipinski definition) is 2. The Morgan fingerprint density at radius 3 is 2.69 bits per heavy atom. The predicted molar refractivity (Wildman–Crippen MR) is 133 cm³/mol. The SMILES string of the molecule is CN=C(NCc1c(C)nn(C)c1C)NCC1CCN(c2cc(Cl)ccc2C)C1.I. The van der Waals surface area contributed by atoms with Gasteiger partial charge in [-0.05, 0) is 50.8 Å². The minimum Gasteiger partial charge on any atom is -0.371 e. The number of nitrogens with zero attached hydrogens (tertiary/aromatic N) is 4. The summed E-state index contributed by atoms with van der Waals surface area (Å²) in [4.78, 5) is 6.81. The standard InChI is InChI=1S/C21H31ClN6.HI/c1-14-6-7-18(22)10-20(14)28-9-8-17(13-28)11-24-21(23-4)25-12-19-15(2)26-27(5)16(19)3;/h6-7,10,17H,8-9,11-13H2,1-5H3,(H2,23,24,25);1H. The van der Waals surface area contributed by atoms with E-state index in [-0.39, 0.29) is 24.0 Å². The molecule has 1 aliphatic rings. The zero-order valence-electron chi connectivity index (χ0n) is 17.9. The largest absolute Gasteiger partial charge is 0.371 e. The summed E-state index contributed by atoms with van der Waals surface area (Å²) >= 11 is 6.19. The van der Waals surface area contributed by atoms with Crippen LogP contribution in [0.5, 0.6) is 0 Å². The maximum absolute atomic E-state index is 6.19. The fraction of sp³-hybridized carbons (Fsp3) is 0.524. The van der Waals surface area contributed by atoms with Gasteiger partial charge >= 0.3 is 0 Å². The summed E-state index contributed by atoms with van der Waals surface area (Å²) in [6, 6.07) is 6.13. The summed E-state index contributed by atoms with van der Waals surface area (Å²) in [7, 11) is 3.79. The number of aliphatic imine (C=N–C) groups is 1. The van der Waals surface area contributed by atoms with Crippen LogP contribution in [-0.4, -0.2) is 42.4 Å². The number of halogens is 2. The Morgan fingerprint density at radius 1 is 1.28 bits per heavy atom. The van der Waals surface area contributed by atoms with Gasteiger partial charge in [0.15, 0.2) is 5.96 Å². The molecule has 1 atom stereocenters. The Hall–Kier alpha value is -1.48. The molecule has 0 bridgehead atoms. The van der Waals surface area contributed by atoms with Crippen molar-refractivity contribution in [2.45, 2.75) is 33.7 Å². The maximum Gasteiger partial charge on any atom is 0.191 e. The number of anilines is 1. The van der Waals surface area contributed by atoms with Gasteiger partial charge in [0.2, 0.25) is 0 Å². The van der Waals surface area contributed by atoms with Crippen LogP contribution in [0.15, 0.2) is 23.2 Å². The highest BCUT2D eigenvalue weighted by Crippen LogP contribution is 2.29. The van der Waals surface area contributed by atoms with Gasteiger partial charge in [0, 0.05) is 62.2 Å². The second kappa shape index (κ2) is 10.5. The molecular weight excluding hydrogens is 499 g/mol. The normalized spacial score (nSPS) is 16.7. The number of benzene rings is 1. The molecule has 29 heavy (non-hydrogen) atoms. The third-order valence-electron chi connectivity index (χ3n) is 5.67. The molecule has 1 saturated heterocycles. The first-order valence-corrected chi connectivity index (χ1v) is 10.2. The summed E-state index contributed by atoms with van der Waals surface area (Å²) in [6.07, 6.45) is 1.16. The maximum atomic E-state index is 6.19. The Morgan fingerprint density at radius 2 is 2.03 bits per heavy atom. The molecule has 0 spiro atoms. The van der Waals surface area contributed by atoms with E-state index in [2.05, 4.69) is 51.6 Å². The number of rotatable bonds is 5. The monoisotopic (exact) mass is 530 g/mol. The lowest BCUT2D eigenvalue weighted by Crippen LogP contribution is -2.40. The van der Waals surface area contributed by atoms with E-state index >= 15 is 0 Å². The lowest BCUT2D eigenvalue weighted by atomic mass is 10.1. The molecule has 2 aromatic rings. The van der Waals surface area contributed by atoms with E-state index in [1.807, 2.05) is 31.8 Å². The lowest BCUT2D eigenvalue weighted by molar-refractivity contribution is 0.565. The molecule has 1 aliphatic heterocycles. The Kier molecular flexibility index (Phi) is 8.63. The molecule has 0 radical (unpaired) electrons. The first-order valence-electron chi connectivity index (χ1n) is 9.83. The van der Waals surface area contributed by atoms with E-state index in [9.17, 15) is 0 Å². The van der Waals surface area contributed by atoms with Crippen molar-refractivity contribution in [1.29, 1.82) is 0 Å². The van der Waals surface area contributed by atoms with E-state index in [1.54, 1.807) is 0 Å². The lowest BCUT2D eigenvalue weighted by Gasteiger charge is -2.21. The highest BCUT2D eigenvalue weighted by molar-refractivity contribution is 14.0. The zero-order chi connectivity index (χ0) is 20.3. The third-order valence-corrected chi connectivity index (χ3v) is 5.91. The van der Waals surface area contributed by atoms with Crippen molar-refractivity contribution >= 4 is 47.2 Å². The van der Waals surface area contributed by atoms with Crippen molar-refractivity contribution in [1.82, 2.24) is 20.4 Å². The van der Waals surface area contributed by atoms with E-state index in [0.29, 0.717) is 5.92 Å². The van der Waals surface area contributed by atoms with Crippen molar-refractivity contribution in [3.63, 3.8) is 0 Å². The number of hydrogen-bond acceptors (Lipinski definition) is 3. The van der Waals surface area contributed by atoms with Crippen molar-refractivity contribution < 1.29 is 0 Å². The van der Waals surface area contributed by atoms with Gasteiger partial charge in [-0.1, -0.05) is 17.7 Å². The summed E-state index contributed by atoms with van der Waals surface area (Å²) < 4.78 is 1.92. The molecule has 1 unspecified atom stereocenters. The van der Waals surface area contributed by atoms with E-state index in [1.165, 1.54) is 22.5 Å². The molecule has 0 aliphatic carbocycles. The van der Waals surface area contributed by atoms with Crippen LogP contribution in [0.1, 0.15) is 28.9 Å². The fourth-order valence-electron chi connectivity index (χ4n) is 3.85. The van der Waals surface area contributed by atoms with Crippen LogP contribution in [0.3, 0.4) is 0 Å². The molecule has 1 fully saturated rings. The first kappa shape index (κ1) is 23.8. The van der Waals surface area contributed by atoms with Gasteiger partial charge in [-0.2, -0.15) is 5.10 Å². The number of aryl methyl sites for hydroxylation is 3. The number of nitrogens with one attached hydrogen (secondary N) is 2. The number of guanidine groups is 1. The second-order valence-corrected chi connectivity index (χ2v) is 8.05. The average Bonchev–Trinajstić information content (AvgIpc) is 3.23. The molecule has 8 heteroatoms. The average molecular weight is 531 g/mol. The summed E-state index contributed by atoms with van der Waals surface area (Å²) in [5.41, 5.74) is 6.00. The van der Waals surface area contributed by atoms with Crippen LogP contribution in [-0.2, 0) is 13.6 Å². The minimum absolute atomic E-state index is 0. The smallest absolute Gasteiger partial charge is 0.191 e. The Labute approximate surface area is 196 Å². The van der Waals surface area contributed by atoms with Gasteiger partial charge in [0.05, 0.1) is 5.69 Å². The van der Waals surface area contributed by atoms with Crippen LogP contribution in [0.2, 0.25) is 5.02 Å². The van der Waals surface area contributed by atoms with E-state index in [4.69, 9.17) is 11.6 Å². The van der Waals surface area contributed by atoms with Gasteiger partial charge in [-0.15, -0.1) is 24.0 Å². The third kappa shape index (κ3) is 5.78. The molecule has 6 nitrogen and oxygen atoms in total. The summed E-state index contributed by atoms with van der Waals surface area (Å²) in [5, 5.41) is 12.2. The Bertz CT molecular complexity index is 863. The summed E-state index contributed by atoms with van der Waals surface area (Å²) in [6.45, 7) is 10.0. The zero-order valence-corrected chi connectivity index (χ0v) is 21.0. The Balaban J connectivity index is 0.00000300. The van der Waals surface area contributed by atoms with E-state index in [0.717, 1.165) is 49.3 Å². The highest BCUT2D eigenvalue weighted by Gasteiger charge is 2.24. The van der Waals surface area contributed by atoms with Crippen molar-refractivity contribution in [2.75, 3.05) is 31.6 Å².